The van der Waals surface area contributed by atoms with Crippen molar-refractivity contribution in [3.05, 3.63) is 0 Å². The highest BCUT2D eigenvalue weighted by molar-refractivity contribution is 6.02. The molecule has 15 heavy (non-hydrogen) atoms. The molecule has 6 nitrogen and oxygen atoms in total. The topological polar surface area (TPSA) is 118 Å². The number of nitrogens with two attached hydrogens (primary N) is 1. The number of hydrogen-bond donors (Lipinski definition) is 3. The second-order valence-electron chi connectivity index (χ2n) is 3.90. The molecule has 0 aromatic heterocycles. The summed E-state index contributed by atoms with van der Waals surface area (Å²) < 4.78 is 0. The number of carboxylic acids is 2. The van der Waals surface area contributed by atoms with Crippen LogP contribution in [0.25, 0.3) is 0 Å². The fourth-order valence-corrected chi connectivity index (χ4v) is 2.40. The van der Waals surface area contributed by atoms with Crippen LogP contribution >= 0.6 is 12.4 Å². The average Bonchev–Trinajstić information content (AvgIpc) is 2.72. The lowest BCUT2D eigenvalue weighted by Gasteiger charge is -2.19. The van der Waals surface area contributed by atoms with Crippen LogP contribution < -0.4 is 5.73 Å². The molecule has 4 N–H and O–H groups in total. The first-order valence-electron chi connectivity index (χ1n) is 4.17. The molecule has 2 rings (SSSR count). The lowest BCUT2D eigenvalue weighted by molar-refractivity contribution is -0.146. The zero-order valence-corrected chi connectivity index (χ0v) is 8.36. The van der Waals surface area contributed by atoms with Crippen molar-refractivity contribution in [3.63, 3.8) is 0 Å². The maximum Gasteiger partial charge on any atom is 0.324 e. The Morgan fingerprint density at radius 2 is 1.93 bits per heavy atom. The van der Waals surface area contributed by atoms with E-state index >= 15 is 0 Å². The van der Waals surface area contributed by atoms with E-state index in [0.29, 0.717) is 0 Å². The monoisotopic (exact) mass is 235 g/mol. The van der Waals surface area contributed by atoms with E-state index in [1.165, 1.54) is 0 Å². The molecule has 0 amide bonds. The lowest BCUT2D eigenvalue weighted by Crippen LogP contribution is -2.50. The van der Waals surface area contributed by atoms with Gasteiger partial charge in [-0.2, -0.15) is 0 Å². The summed E-state index contributed by atoms with van der Waals surface area (Å²) >= 11 is 0. The van der Waals surface area contributed by atoms with Crippen molar-refractivity contribution in [1.29, 1.82) is 0 Å². The maximum atomic E-state index is 11.2. The third kappa shape index (κ3) is 1.32. The van der Waals surface area contributed by atoms with Crippen LogP contribution in [0.4, 0.5) is 0 Å². The number of hydrogen-bond acceptors (Lipinski definition) is 4. The van der Waals surface area contributed by atoms with Crippen molar-refractivity contribution >= 4 is 30.1 Å². The molecule has 0 saturated heterocycles. The summed E-state index contributed by atoms with van der Waals surface area (Å²) in [6, 6.07) is 0. The Morgan fingerprint density at radius 1 is 1.40 bits per heavy atom. The third-order valence-corrected chi connectivity index (χ3v) is 3.14. The molecule has 2 saturated carbocycles. The van der Waals surface area contributed by atoms with Crippen molar-refractivity contribution in [2.24, 2.45) is 23.5 Å². The first kappa shape index (κ1) is 11.9. The van der Waals surface area contributed by atoms with Crippen LogP contribution in [-0.4, -0.2) is 33.5 Å². The number of ketones is 1. The molecule has 0 radical (unpaired) electrons. The number of carbonyl (C=O) groups is 3. The Kier molecular flexibility index (Phi) is 2.53. The number of halogens is 1. The fourth-order valence-electron chi connectivity index (χ4n) is 2.40. The van der Waals surface area contributed by atoms with Crippen molar-refractivity contribution in [1.82, 2.24) is 0 Å². The van der Waals surface area contributed by atoms with E-state index in [1.807, 2.05) is 0 Å². The standard InChI is InChI=1S/C8H9NO5.ClH/c9-8(7(13)14)1-2(10)3-4(5(3)8)6(11)12;/h3-5H,1,9H2,(H,11,12)(H,13,14);1H/t3-,4-,5-,8-;/m0./s1. The predicted octanol–water partition coefficient (Wildman–Crippen LogP) is -0.890. The molecule has 2 aliphatic carbocycles. The van der Waals surface area contributed by atoms with E-state index in [-0.39, 0.29) is 24.6 Å². The number of rotatable bonds is 2. The average molecular weight is 236 g/mol. The van der Waals surface area contributed by atoms with Gasteiger partial charge < -0.3 is 15.9 Å². The van der Waals surface area contributed by atoms with Gasteiger partial charge in [0.25, 0.3) is 0 Å². The molecule has 0 unspecified atom stereocenters. The minimum atomic E-state index is -1.66. The summed E-state index contributed by atoms with van der Waals surface area (Å²) in [7, 11) is 0. The number of carbonyl (C=O) groups excluding carboxylic acids is 1. The summed E-state index contributed by atoms with van der Waals surface area (Å²) in [5.74, 6) is -5.05. The van der Waals surface area contributed by atoms with Gasteiger partial charge in [-0.05, 0) is 0 Å². The van der Waals surface area contributed by atoms with Crippen LogP contribution in [0.1, 0.15) is 6.42 Å². The van der Waals surface area contributed by atoms with E-state index in [9.17, 15) is 14.4 Å². The molecule has 0 spiro atoms. The Balaban J connectivity index is 0.00000112. The van der Waals surface area contributed by atoms with Crippen molar-refractivity contribution in [2.45, 2.75) is 12.0 Å². The number of fused-ring (bicyclic) bond motifs is 1. The van der Waals surface area contributed by atoms with E-state index in [4.69, 9.17) is 15.9 Å². The molecule has 7 heteroatoms. The van der Waals surface area contributed by atoms with Crippen LogP contribution in [0.2, 0.25) is 0 Å². The van der Waals surface area contributed by atoms with Gasteiger partial charge in [0.1, 0.15) is 11.3 Å². The van der Waals surface area contributed by atoms with Gasteiger partial charge >= 0.3 is 11.9 Å². The Hall–Kier alpha value is -1.14. The second-order valence-corrected chi connectivity index (χ2v) is 3.90. The highest BCUT2D eigenvalue weighted by Gasteiger charge is 2.74. The van der Waals surface area contributed by atoms with Crippen LogP contribution in [0.15, 0.2) is 0 Å². The molecular formula is C8H10ClNO5. The molecule has 2 aliphatic rings. The smallest absolute Gasteiger partial charge is 0.324 e. The molecule has 0 aromatic carbocycles. The molecule has 0 aliphatic heterocycles. The Labute approximate surface area is 90.8 Å². The SMILES string of the molecule is Cl.N[C@@]1(C(=O)O)CC(=O)[C@H]2[C@H](C(=O)O)[C@H]21. The van der Waals surface area contributed by atoms with E-state index in [1.54, 1.807) is 0 Å². The molecule has 0 aromatic rings. The first-order valence-corrected chi connectivity index (χ1v) is 4.17. The van der Waals surface area contributed by atoms with Gasteiger partial charge in [-0.15, -0.1) is 12.4 Å². The lowest BCUT2D eigenvalue weighted by atomic mass is 9.91. The van der Waals surface area contributed by atoms with Gasteiger partial charge in [0.2, 0.25) is 0 Å². The number of aliphatic carboxylic acids is 2. The quantitative estimate of drug-likeness (QED) is 0.572. The summed E-state index contributed by atoms with van der Waals surface area (Å²) in [5, 5.41) is 17.5. The molecule has 0 heterocycles. The van der Waals surface area contributed by atoms with Crippen molar-refractivity contribution in [2.75, 3.05) is 0 Å². The van der Waals surface area contributed by atoms with E-state index in [2.05, 4.69) is 0 Å². The molecular weight excluding hydrogens is 226 g/mol. The third-order valence-electron chi connectivity index (χ3n) is 3.14. The van der Waals surface area contributed by atoms with Gasteiger partial charge in [0.05, 0.1) is 5.92 Å². The van der Waals surface area contributed by atoms with Gasteiger partial charge in [-0.1, -0.05) is 0 Å². The minimum absolute atomic E-state index is 0. The van der Waals surface area contributed by atoms with E-state index in [0.717, 1.165) is 0 Å². The van der Waals surface area contributed by atoms with Gasteiger partial charge in [-0.3, -0.25) is 14.4 Å². The molecule has 4 atom stereocenters. The summed E-state index contributed by atoms with van der Waals surface area (Å²) in [5.41, 5.74) is 3.86. The molecule has 2 fully saturated rings. The second kappa shape index (κ2) is 3.18. The zero-order valence-electron chi connectivity index (χ0n) is 7.54. The van der Waals surface area contributed by atoms with Crippen LogP contribution in [0, 0.1) is 17.8 Å². The highest BCUT2D eigenvalue weighted by atomic mass is 35.5. The number of Topliss-reactive ketones (excluding diaryl/α,β-unsaturated/α-hetero) is 1. The highest BCUT2D eigenvalue weighted by Crippen LogP contribution is 2.59. The van der Waals surface area contributed by atoms with Crippen molar-refractivity contribution in [3.8, 4) is 0 Å². The minimum Gasteiger partial charge on any atom is -0.481 e. The fraction of sp³-hybridized carbons (Fsp3) is 0.625. The van der Waals surface area contributed by atoms with Crippen molar-refractivity contribution < 1.29 is 24.6 Å². The predicted molar refractivity (Wildman–Crippen MR) is 49.5 cm³/mol. The molecule has 0 bridgehead atoms. The van der Waals surface area contributed by atoms with Gasteiger partial charge in [-0.25, -0.2) is 0 Å². The Bertz CT molecular complexity index is 353. The normalized spacial score (nSPS) is 41.7. The van der Waals surface area contributed by atoms with Gasteiger partial charge in [0, 0.05) is 18.3 Å². The summed E-state index contributed by atoms with van der Waals surface area (Å²) in [6.07, 6.45) is -0.249. The van der Waals surface area contributed by atoms with Gasteiger partial charge in [0.15, 0.2) is 0 Å². The first-order chi connectivity index (χ1) is 6.39. The van der Waals surface area contributed by atoms with Crippen LogP contribution in [-0.2, 0) is 14.4 Å². The molecule has 84 valence electrons. The van der Waals surface area contributed by atoms with Crippen LogP contribution in [0.3, 0.4) is 0 Å². The zero-order chi connectivity index (χ0) is 10.7. The van der Waals surface area contributed by atoms with Crippen LogP contribution in [0.5, 0.6) is 0 Å². The summed E-state index contributed by atoms with van der Waals surface area (Å²) in [6.45, 7) is 0. The summed E-state index contributed by atoms with van der Waals surface area (Å²) in [4.78, 5) is 32.7. The largest absolute Gasteiger partial charge is 0.481 e. The van der Waals surface area contributed by atoms with E-state index < -0.39 is 35.2 Å². The maximum absolute atomic E-state index is 11.2. The Morgan fingerprint density at radius 3 is 2.27 bits per heavy atom. The number of carboxylic acid groups (broad SMARTS) is 2.